The molecule has 0 fully saturated rings. The van der Waals surface area contributed by atoms with Crippen LogP contribution in [0.3, 0.4) is 0 Å². The normalized spacial score (nSPS) is 17.0. The topological polar surface area (TPSA) is 83.6 Å². The van der Waals surface area contributed by atoms with Gasteiger partial charge in [0, 0.05) is 32.1 Å². The van der Waals surface area contributed by atoms with Crippen LogP contribution in [0.5, 0.6) is 0 Å². The van der Waals surface area contributed by atoms with Gasteiger partial charge in [-0.1, -0.05) is 37.3 Å². The molecule has 1 heterocycles. The minimum Gasteiger partial charge on any atom is -0.350 e. The summed E-state index contributed by atoms with van der Waals surface area (Å²) in [6.45, 7) is 6.11. The van der Waals surface area contributed by atoms with Gasteiger partial charge in [-0.15, -0.1) is 0 Å². The number of rotatable bonds is 7. The van der Waals surface area contributed by atoms with Crippen LogP contribution in [0.15, 0.2) is 53.4 Å². The lowest BCUT2D eigenvalue weighted by atomic mass is 9.89. The van der Waals surface area contributed by atoms with E-state index in [-0.39, 0.29) is 40.4 Å². The minimum atomic E-state index is -3.42. The molecule has 0 saturated heterocycles. The Bertz CT molecular complexity index is 1220. The van der Waals surface area contributed by atoms with E-state index in [1.165, 1.54) is 23.3 Å². The summed E-state index contributed by atoms with van der Waals surface area (Å²) in [5, 5.41) is 2.97. The van der Waals surface area contributed by atoms with Crippen LogP contribution in [0.25, 0.3) is 5.57 Å². The molecule has 0 bridgehead atoms. The predicted octanol–water partition coefficient (Wildman–Crippen LogP) is 2.94. The largest absolute Gasteiger partial charge is 0.350 e. The van der Waals surface area contributed by atoms with Gasteiger partial charge in [0.2, 0.25) is 0 Å². The summed E-state index contributed by atoms with van der Waals surface area (Å²) < 4.78 is 25.1. The highest BCUT2D eigenvalue weighted by atomic mass is 32.2. The van der Waals surface area contributed by atoms with Crippen LogP contribution in [-0.4, -0.2) is 49.9 Å². The van der Waals surface area contributed by atoms with E-state index in [1.54, 1.807) is 12.1 Å². The summed E-state index contributed by atoms with van der Waals surface area (Å²) in [6.07, 6.45) is 3.01. The second-order valence-electron chi connectivity index (χ2n) is 8.89. The van der Waals surface area contributed by atoms with E-state index in [4.69, 9.17) is 0 Å². The average molecular weight is 467 g/mol. The standard InChI is InChI=1S/C26H30N2O4S/c1-3-12-33(31,32)23-9-8-20-13-22(29)14-25(24(20)15-23)26(30)27-16-18(2)28-11-10-19-6-4-5-7-21(19)17-28/h4-9,14-15,18H,3,10-13,16-17H2,1-2H3,(H,27,30). The Balaban J connectivity index is 1.48. The molecule has 1 N–H and O–H groups in total. The number of nitrogens with one attached hydrogen (secondary N) is 1. The number of fused-ring (bicyclic) bond motifs is 2. The van der Waals surface area contributed by atoms with Crippen LogP contribution < -0.4 is 5.32 Å². The van der Waals surface area contributed by atoms with Gasteiger partial charge in [-0.05, 0) is 60.2 Å². The van der Waals surface area contributed by atoms with E-state index >= 15 is 0 Å². The molecule has 1 amide bonds. The zero-order valence-corrected chi connectivity index (χ0v) is 20.0. The first kappa shape index (κ1) is 23.4. The summed E-state index contributed by atoms with van der Waals surface area (Å²) in [7, 11) is -3.42. The number of carbonyl (C=O) groups is 2. The van der Waals surface area contributed by atoms with Crippen molar-refractivity contribution < 1.29 is 18.0 Å². The van der Waals surface area contributed by atoms with Crippen molar-refractivity contribution in [3.63, 3.8) is 0 Å². The maximum atomic E-state index is 13.1. The first-order valence-corrected chi connectivity index (χ1v) is 13.1. The Hall–Kier alpha value is -2.77. The highest BCUT2D eigenvalue weighted by Gasteiger charge is 2.26. The molecular weight excluding hydrogens is 436 g/mol. The van der Waals surface area contributed by atoms with E-state index < -0.39 is 9.84 Å². The average Bonchev–Trinajstić information content (AvgIpc) is 2.81. The van der Waals surface area contributed by atoms with Crippen LogP contribution in [0.2, 0.25) is 0 Å². The Morgan fingerprint density at radius 3 is 2.64 bits per heavy atom. The lowest BCUT2D eigenvalue weighted by Crippen LogP contribution is -2.44. The van der Waals surface area contributed by atoms with E-state index in [9.17, 15) is 18.0 Å². The number of hydrogen-bond donors (Lipinski definition) is 1. The molecule has 174 valence electrons. The third-order valence-corrected chi connectivity index (χ3v) is 8.38. The quantitative estimate of drug-likeness (QED) is 0.678. The number of sulfone groups is 1. The summed E-state index contributed by atoms with van der Waals surface area (Å²) in [5.41, 5.74) is 4.15. The molecule has 2 aromatic carbocycles. The number of carbonyl (C=O) groups excluding carboxylic acids is 2. The SMILES string of the molecule is CCCS(=O)(=O)c1ccc2c(c1)C(C(=O)NCC(C)N1CCc3ccccc3C1)=CC(=O)C2. The van der Waals surface area contributed by atoms with Gasteiger partial charge in [0.1, 0.15) is 0 Å². The first-order chi connectivity index (χ1) is 15.8. The highest BCUT2D eigenvalue weighted by Crippen LogP contribution is 2.29. The first-order valence-electron chi connectivity index (χ1n) is 11.5. The zero-order chi connectivity index (χ0) is 23.6. The predicted molar refractivity (Wildman–Crippen MR) is 129 cm³/mol. The fourth-order valence-corrected chi connectivity index (χ4v) is 5.91. The van der Waals surface area contributed by atoms with Gasteiger partial charge in [0.05, 0.1) is 16.2 Å². The van der Waals surface area contributed by atoms with Crippen molar-refractivity contribution >= 4 is 27.1 Å². The smallest absolute Gasteiger partial charge is 0.252 e. The van der Waals surface area contributed by atoms with Crippen LogP contribution >= 0.6 is 0 Å². The van der Waals surface area contributed by atoms with Gasteiger partial charge >= 0.3 is 0 Å². The van der Waals surface area contributed by atoms with Crippen molar-refractivity contribution in [3.05, 3.63) is 70.8 Å². The molecule has 0 aromatic heterocycles. The molecule has 0 saturated carbocycles. The summed E-state index contributed by atoms with van der Waals surface area (Å²) >= 11 is 0. The lowest BCUT2D eigenvalue weighted by Gasteiger charge is -2.34. The zero-order valence-electron chi connectivity index (χ0n) is 19.1. The van der Waals surface area contributed by atoms with Crippen molar-refractivity contribution in [2.75, 3.05) is 18.8 Å². The number of hydrogen-bond acceptors (Lipinski definition) is 5. The Kier molecular flexibility index (Phi) is 6.81. The van der Waals surface area contributed by atoms with Crippen LogP contribution in [0.1, 0.15) is 42.5 Å². The molecule has 33 heavy (non-hydrogen) atoms. The molecular formula is C26H30N2O4S. The van der Waals surface area contributed by atoms with Gasteiger partial charge in [0.25, 0.3) is 5.91 Å². The molecule has 4 rings (SSSR count). The molecule has 6 nitrogen and oxygen atoms in total. The summed E-state index contributed by atoms with van der Waals surface area (Å²) in [4.78, 5) is 27.9. The third-order valence-electron chi connectivity index (χ3n) is 6.46. The van der Waals surface area contributed by atoms with Crippen LogP contribution in [-0.2, 0) is 38.8 Å². The van der Waals surface area contributed by atoms with Gasteiger partial charge in [-0.25, -0.2) is 8.42 Å². The van der Waals surface area contributed by atoms with Crippen LogP contribution in [0, 0.1) is 0 Å². The van der Waals surface area contributed by atoms with Gasteiger partial charge in [0.15, 0.2) is 15.6 Å². The maximum Gasteiger partial charge on any atom is 0.252 e. The van der Waals surface area contributed by atoms with Gasteiger partial charge < -0.3 is 5.32 Å². The molecule has 1 unspecified atom stereocenters. The minimum absolute atomic E-state index is 0.0481. The van der Waals surface area contributed by atoms with Crippen molar-refractivity contribution in [1.29, 1.82) is 0 Å². The summed E-state index contributed by atoms with van der Waals surface area (Å²) in [6, 6.07) is 13.3. The number of benzene rings is 2. The second-order valence-corrected chi connectivity index (χ2v) is 11.0. The van der Waals surface area contributed by atoms with E-state index in [2.05, 4.69) is 35.3 Å². The molecule has 1 atom stereocenters. The molecule has 2 aliphatic rings. The fraction of sp³-hybridized carbons (Fsp3) is 0.385. The monoisotopic (exact) mass is 466 g/mol. The molecule has 7 heteroatoms. The molecule has 0 spiro atoms. The number of allylic oxidation sites excluding steroid dienone is 1. The molecule has 2 aromatic rings. The Morgan fingerprint density at radius 2 is 1.88 bits per heavy atom. The van der Waals surface area contributed by atoms with Gasteiger partial charge in [-0.2, -0.15) is 0 Å². The summed E-state index contributed by atoms with van der Waals surface area (Å²) in [5.74, 6) is -0.456. The Morgan fingerprint density at radius 1 is 1.12 bits per heavy atom. The van der Waals surface area contributed by atoms with Crippen molar-refractivity contribution in [3.8, 4) is 0 Å². The maximum absolute atomic E-state index is 13.1. The lowest BCUT2D eigenvalue weighted by molar-refractivity contribution is -0.117. The van der Waals surface area contributed by atoms with E-state index in [0.29, 0.717) is 24.1 Å². The van der Waals surface area contributed by atoms with Crippen molar-refractivity contribution in [1.82, 2.24) is 10.2 Å². The van der Waals surface area contributed by atoms with Crippen molar-refractivity contribution in [2.45, 2.75) is 50.6 Å². The molecule has 1 aliphatic heterocycles. The number of ketones is 1. The Labute approximate surface area is 195 Å². The van der Waals surface area contributed by atoms with Gasteiger partial charge in [-0.3, -0.25) is 14.5 Å². The molecule has 1 aliphatic carbocycles. The van der Waals surface area contributed by atoms with Crippen molar-refractivity contribution in [2.24, 2.45) is 0 Å². The van der Waals surface area contributed by atoms with Crippen LogP contribution in [0.4, 0.5) is 0 Å². The number of amides is 1. The second kappa shape index (κ2) is 9.61. The third kappa shape index (κ3) is 5.09. The molecule has 0 radical (unpaired) electrons. The number of nitrogens with zero attached hydrogens (tertiary/aromatic N) is 1. The fourth-order valence-electron chi connectivity index (χ4n) is 4.56. The highest BCUT2D eigenvalue weighted by molar-refractivity contribution is 7.91. The van der Waals surface area contributed by atoms with E-state index in [0.717, 1.165) is 19.5 Å². The van der Waals surface area contributed by atoms with E-state index in [1.807, 2.05) is 13.0 Å².